The lowest BCUT2D eigenvalue weighted by Gasteiger charge is -2.26. The Morgan fingerprint density at radius 3 is 3.05 bits per heavy atom. The molecule has 1 aromatic heterocycles. The van der Waals surface area contributed by atoms with E-state index in [2.05, 4.69) is 14.9 Å². The van der Waals surface area contributed by atoms with Gasteiger partial charge < -0.3 is 11.1 Å². The third-order valence-electron chi connectivity index (χ3n) is 3.37. The third kappa shape index (κ3) is 2.91. The fraction of sp³-hybridized carbons (Fsp3) is 0.308. The van der Waals surface area contributed by atoms with Crippen LogP contribution in [0.2, 0.25) is 0 Å². The number of carbonyl (C=O) groups is 1. The molecule has 0 radical (unpaired) electrons. The van der Waals surface area contributed by atoms with Crippen molar-refractivity contribution in [2.45, 2.75) is 25.3 Å². The molecule has 0 fully saturated rings. The SMILES string of the molecule is Cl.Nc1ccc2c(c1)CCCC2NC(=O)c1cnns1. The topological polar surface area (TPSA) is 80.9 Å². The first-order chi connectivity index (χ1) is 9.24. The molecule has 1 unspecified atom stereocenters. The summed E-state index contributed by atoms with van der Waals surface area (Å²) in [4.78, 5) is 12.6. The second-order valence-corrected chi connectivity index (χ2v) is 5.44. The van der Waals surface area contributed by atoms with Gasteiger partial charge in [-0.2, -0.15) is 0 Å². The van der Waals surface area contributed by atoms with Crippen molar-refractivity contribution in [3.05, 3.63) is 40.4 Å². The van der Waals surface area contributed by atoms with E-state index in [4.69, 9.17) is 5.73 Å². The molecule has 1 aliphatic rings. The van der Waals surface area contributed by atoms with Crippen LogP contribution in [0, 0.1) is 0 Å². The summed E-state index contributed by atoms with van der Waals surface area (Å²) in [5.41, 5.74) is 8.99. The van der Waals surface area contributed by atoms with Crippen molar-refractivity contribution in [1.29, 1.82) is 0 Å². The van der Waals surface area contributed by atoms with Gasteiger partial charge in [-0.15, -0.1) is 17.5 Å². The number of nitrogens with two attached hydrogens (primary N) is 1. The van der Waals surface area contributed by atoms with Gasteiger partial charge in [0.05, 0.1) is 12.2 Å². The summed E-state index contributed by atoms with van der Waals surface area (Å²) in [5.74, 6) is -0.107. The third-order valence-corrected chi connectivity index (χ3v) is 4.04. The number of aryl methyl sites for hydroxylation is 1. The number of nitrogens with one attached hydrogen (secondary N) is 1. The lowest BCUT2D eigenvalue weighted by atomic mass is 9.87. The first-order valence-corrected chi connectivity index (χ1v) is 6.98. The van der Waals surface area contributed by atoms with Gasteiger partial charge in [0, 0.05) is 5.69 Å². The highest BCUT2D eigenvalue weighted by molar-refractivity contribution is 7.07. The van der Waals surface area contributed by atoms with Crippen LogP contribution in [0.25, 0.3) is 0 Å². The Labute approximate surface area is 127 Å². The average Bonchev–Trinajstić information content (AvgIpc) is 2.92. The number of benzene rings is 1. The van der Waals surface area contributed by atoms with Crippen molar-refractivity contribution < 1.29 is 4.79 Å². The summed E-state index contributed by atoms with van der Waals surface area (Å²) in [5, 5.41) is 6.73. The summed E-state index contributed by atoms with van der Waals surface area (Å²) in [6, 6.07) is 5.96. The summed E-state index contributed by atoms with van der Waals surface area (Å²) in [6.07, 6.45) is 4.53. The number of anilines is 1. The van der Waals surface area contributed by atoms with E-state index in [1.807, 2.05) is 18.2 Å². The van der Waals surface area contributed by atoms with Crippen LogP contribution in [0.4, 0.5) is 5.69 Å². The van der Waals surface area contributed by atoms with Crippen molar-refractivity contribution in [1.82, 2.24) is 14.9 Å². The maximum Gasteiger partial charge on any atom is 0.265 e. The Kier molecular flexibility index (Phi) is 4.57. The molecular weight excluding hydrogens is 296 g/mol. The Hall–Kier alpha value is -1.66. The first kappa shape index (κ1) is 14.7. The Bertz CT molecular complexity index is 602. The zero-order chi connectivity index (χ0) is 13.2. The molecule has 3 rings (SSSR count). The van der Waals surface area contributed by atoms with Crippen molar-refractivity contribution >= 4 is 35.5 Å². The molecule has 0 aliphatic heterocycles. The van der Waals surface area contributed by atoms with E-state index in [1.54, 1.807) is 0 Å². The molecule has 2 aromatic rings. The van der Waals surface area contributed by atoms with Gasteiger partial charge in [0.25, 0.3) is 5.91 Å². The lowest BCUT2D eigenvalue weighted by Crippen LogP contribution is -2.30. The largest absolute Gasteiger partial charge is 0.399 e. The van der Waals surface area contributed by atoms with Crippen LogP contribution >= 0.6 is 23.9 Å². The number of carbonyl (C=O) groups excluding carboxylic acids is 1. The van der Waals surface area contributed by atoms with Gasteiger partial charge in [-0.05, 0) is 54.1 Å². The molecule has 7 heteroatoms. The van der Waals surface area contributed by atoms with Crippen LogP contribution in [0.3, 0.4) is 0 Å². The highest BCUT2D eigenvalue weighted by Gasteiger charge is 2.22. The Balaban J connectivity index is 0.00000147. The van der Waals surface area contributed by atoms with Crippen LogP contribution in [0.1, 0.15) is 39.7 Å². The van der Waals surface area contributed by atoms with E-state index in [9.17, 15) is 4.79 Å². The molecule has 0 saturated carbocycles. The maximum atomic E-state index is 12.0. The molecule has 1 amide bonds. The zero-order valence-corrected chi connectivity index (χ0v) is 12.3. The van der Waals surface area contributed by atoms with E-state index in [1.165, 1.54) is 17.3 Å². The molecule has 1 aromatic carbocycles. The highest BCUT2D eigenvalue weighted by atomic mass is 35.5. The molecule has 106 valence electrons. The number of hydrogen-bond acceptors (Lipinski definition) is 5. The Morgan fingerprint density at radius 1 is 1.45 bits per heavy atom. The lowest BCUT2D eigenvalue weighted by molar-refractivity contribution is 0.0936. The monoisotopic (exact) mass is 310 g/mol. The molecule has 20 heavy (non-hydrogen) atoms. The van der Waals surface area contributed by atoms with Crippen molar-refractivity contribution in [2.75, 3.05) is 5.73 Å². The van der Waals surface area contributed by atoms with E-state index in [-0.39, 0.29) is 24.4 Å². The number of rotatable bonds is 2. The molecule has 1 heterocycles. The maximum absolute atomic E-state index is 12.0. The van der Waals surface area contributed by atoms with Crippen LogP contribution in [0.5, 0.6) is 0 Å². The second-order valence-electron chi connectivity index (χ2n) is 4.66. The van der Waals surface area contributed by atoms with Gasteiger partial charge in [-0.3, -0.25) is 4.79 Å². The minimum Gasteiger partial charge on any atom is -0.399 e. The number of nitrogen functional groups attached to an aromatic ring is 1. The summed E-state index contributed by atoms with van der Waals surface area (Å²) in [7, 11) is 0. The average molecular weight is 311 g/mol. The van der Waals surface area contributed by atoms with E-state index in [0.717, 1.165) is 36.5 Å². The standard InChI is InChI=1S/C13H14N4OS.ClH/c14-9-4-5-10-8(6-9)2-1-3-11(10)16-13(18)12-7-15-17-19-12;/h4-7,11H,1-3,14H2,(H,16,18);1H. The van der Waals surface area contributed by atoms with Crippen molar-refractivity contribution in [3.63, 3.8) is 0 Å². The summed E-state index contributed by atoms with van der Waals surface area (Å²) < 4.78 is 3.71. The molecule has 1 atom stereocenters. The molecule has 3 N–H and O–H groups in total. The minimum atomic E-state index is -0.107. The van der Waals surface area contributed by atoms with E-state index < -0.39 is 0 Å². The quantitative estimate of drug-likeness (QED) is 0.834. The molecule has 1 aliphatic carbocycles. The van der Waals surface area contributed by atoms with Gasteiger partial charge in [-0.25, -0.2) is 0 Å². The van der Waals surface area contributed by atoms with Gasteiger partial charge in [0.1, 0.15) is 4.88 Å². The number of aromatic nitrogens is 2. The number of hydrogen-bond donors (Lipinski definition) is 2. The van der Waals surface area contributed by atoms with Crippen LogP contribution in [-0.2, 0) is 6.42 Å². The molecule has 0 spiro atoms. The van der Waals surface area contributed by atoms with Gasteiger partial charge in [-0.1, -0.05) is 10.6 Å². The Morgan fingerprint density at radius 2 is 2.30 bits per heavy atom. The normalized spacial score (nSPS) is 16.9. The predicted octanol–water partition coefficient (Wildman–Crippen LogP) is 2.35. The fourth-order valence-electron chi connectivity index (χ4n) is 2.48. The summed E-state index contributed by atoms with van der Waals surface area (Å²) >= 11 is 1.11. The minimum absolute atomic E-state index is 0. The number of fused-ring (bicyclic) bond motifs is 1. The van der Waals surface area contributed by atoms with Crippen molar-refractivity contribution in [2.24, 2.45) is 0 Å². The van der Waals surface area contributed by atoms with E-state index >= 15 is 0 Å². The highest BCUT2D eigenvalue weighted by Crippen LogP contribution is 2.31. The van der Waals surface area contributed by atoms with Crippen molar-refractivity contribution in [3.8, 4) is 0 Å². The predicted molar refractivity (Wildman–Crippen MR) is 81.2 cm³/mol. The number of halogens is 1. The van der Waals surface area contributed by atoms with Crippen LogP contribution in [0.15, 0.2) is 24.4 Å². The number of amides is 1. The summed E-state index contributed by atoms with van der Waals surface area (Å²) in [6.45, 7) is 0. The molecule has 0 bridgehead atoms. The first-order valence-electron chi connectivity index (χ1n) is 6.20. The smallest absolute Gasteiger partial charge is 0.265 e. The van der Waals surface area contributed by atoms with Gasteiger partial charge >= 0.3 is 0 Å². The molecule has 5 nitrogen and oxygen atoms in total. The van der Waals surface area contributed by atoms with Gasteiger partial charge in [0.2, 0.25) is 0 Å². The molecular formula is C13H15ClN4OS. The molecule has 0 saturated heterocycles. The fourth-order valence-corrected chi connectivity index (χ4v) is 2.90. The number of nitrogens with zero attached hydrogens (tertiary/aromatic N) is 2. The van der Waals surface area contributed by atoms with E-state index in [0.29, 0.717) is 4.88 Å². The van der Waals surface area contributed by atoms with Gasteiger partial charge in [0.15, 0.2) is 0 Å². The van der Waals surface area contributed by atoms with Crippen LogP contribution in [-0.4, -0.2) is 15.5 Å². The zero-order valence-electron chi connectivity index (χ0n) is 10.7. The second kappa shape index (κ2) is 6.19. The van der Waals surface area contributed by atoms with Crippen LogP contribution < -0.4 is 11.1 Å².